The Hall–Kier alpha value is -1.00. The molecule has 0 aromatic heterocycles. The first-order valence-electron chi connectivity index (χ1n) is 4.63. The van der Waals surface area contributed by atoms with Crippen LogP contribution in [0, 0.1) is 6.92 Å². The molecule has 1 aromatic rings. The maximum Gasteiger partial charge on any atom is 0.319 e. The summed E-state index contributed by atoms with van der Waals surface area (Å²) in [6, 6.07) is 5.06. The highest BCUT2D eigenvalue weighted by Crippen LogP contribution is 2.19. The zero-order valence-corrected chi connectivity index (χ0v) is 11.2. The van der Waals surface area contributed by atoms with Gasteiger partial charge >= 0.3 is 6.03 Å². The Bertz CT molecular complexity index is 420. The summed E-state index contributed by atoms with van der Waals surface area (Å²) in [6.45, 7) is 5.90. The highest BCUT2D eigenvalue weighted by Gasteiger charge is 2.02. The zero-order valence-electron chi connectivity index (χ0n) is 8.81. The number of amides is 2. The molecule has 0 fully saturated rings. The smallest absolute Gasteiger partial charge is 0.319 e. The van der Waals surface area contributed by atoms with Crippen molar-refractivity contribution in [2.75, 3.05) is 11.9 Å². The van der Waals surface area contributed by atoms with Gasteiger partial charge in [-0.3, -0.25) is 0 Å². The molecular formula is C11H12BrClN2O. The van der Waals surface area contributed by atoms with Crippen LogP contribution in [0.15, 0.2) is 29.3 Å². The van der Waals surface area contributed by atoms with Crippen molar-refractivity contribution in [3.63, 3.8) is 0 Å². The number of carbonyl (C=O) groups is 1. The van der Waals surface area contributed by atoms with Crippen LogP contribution in [0.5, 0.6) is 0 Å². The number of halogens is 2. The van der Waals surface area contributed by atoms with Crippen molar-refractivity contribution in [2.45, 2.75) is 6.92 Å². The molecule has 0 aliphatic rings. The second kappa shape index (κ2) is 5.92. The molecular weight excluding hydrogens is 291 g/mol. The number of benzene rings is 1. The molecule has 0 radical (unpaired) electrons. The first-order valence-corrected chi connectivity index (χ1v) is 5.80. The minimum atomic E-state index is -0.291. The number of aryl methyl sites for hydroxylation is 1. The van der Waals surface area contributed by atoms with Crippen LogP contribution in [0.2, 0.25) is 5.02 Å². The Kier molecular flexibility index (Phi) is 4.83. The van der Waals surface area contributed by atoms with Gasteiger partial charge in [0.15, 0.2) is 0 Å². The standard InChI is InChI=1S/C11H12BrClN2O/c1-7-3-4-9(5-10(7)13)15-11(16)14-6-8(2)12/h3-5H,2,6H2,1H3,(H2,14,15,16). The molecule has 2 amide bonds. The van der Waals surface area contributed by atoms with E-state index >= 15 is 0 Å². The van der Waals surface area contributed by atoms with Crippen molar-refractivity contribution in [3.05, 3.63) is 39.8 Å². The maximum absolute atomic E-state index is 11.4. The largest absolute Gasteiger partial charge is 0.333 e. The van der Waals surface area contributed by atoms with Gasteiger partial charge in [-0.15, -0.1) is 0 Å². The Balaban J connectivity index is 2.56. The lowest BCUT2D eigenvalue weighted by Crippen LogP contribution is -2.29. The fourth-order valence-corrected chi connectivity index (χ4v) is 1.34. The van der Waals surface area contributed by atoms with Crippen molar-refractivity contribution in [1.82, 2.24) is 5.32 Å². The number of anilines is 1. The first kappa shape index (κ1) is 13.1. The van der Waals surface area contributed by atoms with E-state index in [9.17, 15) is 4.79 Å². The maximum atomic E-state index is 11.4. The summed E-state index contributed by atoms with van der Waals surface area (Å²) in [6.07, 6.45) is 0. The molecule has 0 spiro atoms. The molecule has 3 nitrogen and oxygen atoms in total. The summed E-state index contributed by atoms with van der Waals surface area (Å²) in [7, 11) is 0. The summed E-state index contributed by atoms with van der Waals surface area (Å²) in [4.78, 5) is 11.4. The molecule has 0 atom stereocenters. The van der Waals surface area contributed by atoms with E-state index in [2.05, 4.69) is 33.1 Å². The van der Waals surface area contributed by atoms with Crippen LogP contribution in [-0.2, 0) is 0 Å². The summed E-state index contributed by atoms with van der Waals surface area (Å²) >= 11 is 9.08. The highest BCUT2D eigenvalue weighted by atomic mass is 79.9. The number of hydrogen-bond acceptors (Lipinski definition) is 1. The van der Waals surface area contributed by atoms with Gasteiger partial charge in [0.1, 0.15) is 0 Å². The van der Waals surface area contributed by atoms with Gasteiger partial charge in [-0.25, -0.2) is 4.79 Å². The molecule has 1 rings (SSSR count). The van der Waals surface area contributed by atoms with Gasteiger partial charge in [0.05, 0.1) is 6.54 Å². The zero-order chi connectivity index (χ0) is 12.1. The van der Waals surface area contributed by atoms with Gasteiger partial charge in [-0.2, -0.15) is 0 Å². The van der Waals surface area contributed by atoms with E-state index in [1.807, 2.05) is 13.0 Å². The van der Waals surface area contributed by atoms with E-state index in [1.165, 1.54) is 0 Å². The van der Waals surface area contributed by atoms with Crippen molar-refractivity contribution in [2.24, 2.45) is 0 Å². The van der Waals surface area contributed by atoms with Crippen LogP contribution in [-0.4, -0.2) is 12.6 Å². The first-order chi connectivity index (χ1) is 7.49. The minimum Gasteiger partial charge on any atom is -0.333 e. The monoisotopic (exact) mass is 302 g/mol. The van der Waals surface area contributed by atoms with Crippen LogP contribution >= 0.6 is 27.5 Å². The molecule has 1 aromatic carbocycles. The summed E-state index contributed by atoms with van der Waals surface area (Å²) in [5.74, 6) is 0. The fourth-order valence-electron chi connectivity index (χ4n) is 1.02. The lowest BCUT2D eigenvalue weighted by Gasteiger charge is -2.08. The number of nitrogens with one attached hydrogen (secondary N) is 2. The highest BCUT2D eigenvalue weighted by molar-refractivity contribution is 9.11. The molecule has 0 saturated carbocycles. The van der Waals surface area contributed by atoms with Crippen LogP contribution in [0.1, 0.15) is 5.56 Å². The van der Waals surface area contributed by atoms with Crippen molar-refractivity contribution in [1.29, 1.82) is 0 Å². The lowest BCUT2D eigenvalue weighted by molar-refractivity contribution is 0.253. The molecule has 2 N–H and O–H groups in total. The topological polar surface area (TPSA) is 41.1 Å². The Morgan fingerprint density at radius 1 is 1.56 bits per heavy atom. The third-order valence-electron chi connectivity index (χ3n) is 1.87. The van der Waals surface area contributed by atoms with E-state index in [0.29, 0.717) is 21.7 Å². The summed E-state index contributed by atoms with van der Waals surface area (Å²) in [5, 5.41) is 5.92. The van der Waals surface area contributed by atoms with Gasteiger partial charge in [-0.1, -0.05) is 40.2 Å². The molecule has 86 valence electrons. The van der Waals surface area contributed by atoms with Gasteiger partial charge in [0, 0.05) is 15.2 Å². The summed E-state index contributed by atoms with van der Waals surface area (Å²) in [5.41, 5.74) is 1.63. The van der Waals surface area contributed by atoms with E-state index in [1.54, 1.807) is 12.1 Å². The van der Waals surface area contributed by atoms with Crippen LogP contribution in [0.25, 0.3) is 0 Å². The minimum absolute atomic E-state index is 0.291. The van der Waals surface area contributed by atoms with Crippen molar-refractivity contribution >= 4 is 39.2 Å². The SMILES string of the molecule is C=C(Br)CNC(=O)Nc1ccc(C)c(Cl)c1. The molecule has 0 unspecified atom stereocenters. The molecule has 16 heavy (non-hydrogen) atoms. The van der Waals surface area contributed by atoms with Gasteiger partial charge in [0.2, 0.25) is 0 Å². The lowest BCUT2D eigenvalue weighted by atomic mass is 10.2. The summed E-state index contributed by atoms with van der Waals surface area (Å²) < 4.78 is 0.713. The van der Waals surface area contributed by atoms with Crippen molar-refractivity contribution < 1.29 is 4.79 Å². The predicted octanol–water partition coefficient (Wildman–Crippen LogP) is 3.68. The number of hydrogen-bond donors (Lipinski definition) is 2. The van der Waals surface area contributed by atoms with Crippen LogP contribution in [0.4, 0.5) is 10.5 Å². The fraction of sp³-hybridized carbons (Fsp3) is 0.182. The molecule has 0 bridgehead atoms. The predicted molar refractivity (Wildman–Crippen MR) is 71.3 cm³/mol. The second-order valence-electron chi connectivity index (χ2n) is 3.29. The van der Waals surface area contributed by atoms with E-state index in [4.69, 9.17) is 11.6 Å². The Morgan fingerprint density at radius 3 is 2.81 bits per heavy atom. The van der Waals surface area contributed by atoms with Gasteiger partial charge in [0.25, 0.3) is 0 Å². The van der Waals surface area contributed by atoms with E-state index in [0.717, 1.165) is 5.56 Å². The normalized spacial score (nSPS) is 9.69. The van der Waals surface area contributed by atoms with Crippen LogP contribution < -0.4 is 10.6 Å². The number of carbonyl (C=O) groups excluding carboxylic acids is 1. The number of rotatable bonds is 3. The van der Waals surface area contributed by atoms with Gasteiger partial charge < -0.3 is 10.6 Å². The average molecular weight is 304 g/mol. The molecule has 0 saturated heterocycles. The quantitative estimate of drug-likeness (QED) is 0.878. The third kappa shape index (κ3) is 4.24. The van der Waals surface area contributed by atoms with Gasteiger partial charge in [-0.05, 0) is 24.6 Å². The third-order valence-corrected chi connectivity index (χ3v) is 2.56. The van der Waals surface area contributed by atoms with E-state index in [-0.39, 0.29) is 6.03 Å². The van der Waals surface area contributed by atoms with E-state index < -0.39 is 0 Å². The molecule has 5 heteroatoms. The van der Waals surface area contributed by atoms with Crippen LogP contribution in [0.3, 0.4) is 0 Å². The Morgan fingerprint density at radius 2 is 2.25 bits per heavy atom. The second-order valence-corrected chi connectivity index (χ2v) is 4.82. The molecule has 0 aliphatic carbocycles. The van der Waals surface area contributed by atoms with Crippen molar-refractivity contribution in [3.8, 4) is 0 Å². The Labute approximate surface area is 108 Å². The average Bonchev–Trinajstić information content (AvgIpc) is 2.21. The number of urea groups is 1. The molecule has 0 aliphatic heterocycles. The molecule has 0 heterocycles.